The van der Waals surface area contributed by atoms with Crippen LogP contribution in [-0.2, 0) is 9.36 Å². The summed E-state index contributed by atoms with van der Waals surface area (Å²) >= 11 is 8.81. The molecule has 0 saturated carbocycles. The maximum Gasteiger partial charge on any atom is 0.377 e. The van der Waals surface area contributed by atoms with Crippen LogP contribution in [0.15, 0.2) is 0 Å². The van der Waals surface area contributed by atoms with E-state index in [1.165, 1.54) is 0 Å². The van der Waals surface area contributed by atoms with Gasteiger partial charge in [-0.25, -0.2) is 0 Å². The standard InChI is InChI=1S/C2H4O2.Cl2HO2P/c1-2(3)4;1-5(2,3)4/h1H3,(H,3,4);(H,3,4). The lowest BCUT2D eigenvalue weighted by Gasteiger charge is -1.77. The maximum absolute atomic E-state index is 9.30. The summed E-state index contributed by atoms with van der Waals surface area (Å²) in [5, 5.41) is 7.42. The summed E-state index contributed by atoms with van der Waals surface area (Å²) in [6, 6.07) is 0. The normalized spacial score (nSPS) is 9.33. The van der Waals surface area contributed by atoms with Gasteiger partial charge in [0, 0.05) is 6.92 Å². The third kappa shape index (κ3) is 5570. The van der Waals surface area contributed by atoms with Crippen molar-refractivity contribution in [1.82, 2.24) is 0 Å². The van der Waals surface area contributed by atoms with Crippen LogP contribution in [0.1, 0.15) is 6.92 Å². The van der Waals surface area contributed by atoms with Crippen molar-refractivity contribution in [2.45, 2.75) is 6.92 Å². The molecule has 4 nitrogen and oxygen atoms in total. The lowest BCUT2D eigenvalue weighted by molar-refractivity contribution is -0.134. The monoisotopic (exact) mass is 194 g/mol. The van der Waals surface area contributed by atoms with Gasteiger partial charge < -0.3 is 10.00 Å². The van der Waals surface area contributed by atoms with Gasteiger partial charge in [0.1, 0.15) is 0 Å². The number of carboxylic acid groups (broad SMARTS) is 1. The first-order chi connectivity index (χ1) is 3.73. The van der Waals surface area contributed by atoms with Crippen LogP contribution in [0.4, 0.5) is 0 Å². The predicted molar refractivity (Wildman–Crippen MR) is 34.8 cm³/mol. The quantitative estimate of drug-likeness (QED) is 0.576. The Bertz CT molecular complexity index is 116. The molecule has 0 unspecified atom stereocenters. The summed E-state index contributed by atoms with van der Waals surface area (Å²) in [7, 11) is 0. The zero-order valence-electron chi connectivity index (χ0n) is 4.41. The van der Waals surface area contributed by atoms with Crippen molar-refractivity contribution >= 4 is 34.5 Å². The van der Waals surface area contributed by atoms with Crippen LogP contribution in [-0.4, -0.2) is 16.0 Å². The molecule has 0 aliphatic rings. The lowest BCUT2D eigenvalue weighted by atomic mass is 10.9. The third-order valence-electron chi connectivity index (χ3n) is 0. The first-order valence-electron chi connectivity index (χ1n) is 1.65. The second-order valence-corrected chi connectivity index (χ2v) is 5.09. The number of aliphatic carboxylic acids is 1. The molecule has 0 bridgehead atoms. The molecule has 56 valence electrons. The summed E-state index contributed by atoms with van der Waals surface area (Å²) < 4.78 is 9.30. The number of hydrogen-bond donors (Lipinski definition) is 2. The lowest BCUT2D eigenvalue weighted by Crippen LogP contribution is -1.78. The molecule has 0 aromatic heterocycles. The minimum Gasteiger partial charge on any atom is -0.481 e. The van der Waals surface area contributed by atoms with Gasteiger partial charge in [0.2, 0.25) is 0 Å². The number of rotatable bonds is 0. The van der Waals surface area contributed by atoms with Gasteiger partial charge >= 0.3 is 6.07 Å². The molecule has 0 rings (SSSR count). The minimum atomic E-state index is -3.69. The smallest absolute Gasteiger partial charge is 0.377 e. The van der Waals surface area contributed by atoms with Gasteiger partial charge in [0.25, 0.3) is 5.97 Å². The molecule has 9 heavy (non-hydrogen) atoms. The fourth-order valence-electron chi connectivity index (χ4n) is 0. The zero-order valence-corrected chi connectivity index (χ0v) is 6.82. The van der Waals surface area contributed by atoms with Crippen molar-refractivity contribution in [3.8, 4) is 0 Å². The van der Waals surface area contributed by atoms with Crippen molar-refractivity contribution in [2.24, 2.45) is 0 Å². The number of halogens is 2. The van der Waals surface area contributed by atoms with Crippen LogP contribution < -0.4 is 0 Å². The van der Waals surface area contributed by atoms with Gasteiger partial charge in [-0.1, -0.05) is 0 Å². The van der Waals surface area contributed by atoms with Crippen molar-refractivity contribution in [2.75, 3.05) is 0 Å². The third-order valence-corrected chi connectivity index (χ3v) is 0. The molecule has 0 radical (unpaired) electrons. The highest BCUT2D eigenvalue weighted by Crippen LogP contribution is 2.51. The van der Waals surface area contributed by atoms with E-state index in [-0.39, 0.29) is 0 Å². The van der Waals surface area contributed by atoms with E-state index in [9.17, 15) is 4.57 Å². The Morgan fingerprint density at radius 2 is 1.56 bits per heavy atom. The Hall–Kier alpha value is 0.240. The highest BCUT2D eigenvalue weighted by molar-refractivity contribution is 8.04. The Balaban J connectivity index is 0. The molecule has 0 atom stereocenters. The van der Waals surface area contributed by atoms with E-state index in [2.05, 4.69) is 22.5 Å². The fraction of sp³-hybridized carbons (Fsp3) is 0.500. The van der Waals surface area contributed by atoms with E-state index in [1.807, 2.05) is 0 Å². The van der Waals surface area contributed by atoms with E-state index >= 15 is 0 Å². The van der Waals surface area contributed by atoms with Crippen molar-refractivity contribution in [3.05, 3.63) is 0 Å². The first kappa shape index (κ1) is 12.0. The van der Waals surface area contributed by atoms with E-state index in [0.717, 1.165) is 6.92 Å². The van der Waals surface area contributed by atoms with Crippen LogP contribution in [0.5, 0.6) is 0 Å². The first-order valence-corrected chi connectivity index (χ1v) is 5.12. The van der Waals surface area contributed by atoms with Crippen LogP contribution in [0.2, 0.25) is 0 Å². The Morgan fingerprint density at radius 3 is 1.56 bits per heavy atom. The van der Waals surface area contributed by atoms with Crippen molar-refractivity contribution < 1.29 is 19.4 Å². The second kappa shape index (κ2) is 5.06. The molecule has 0 amide bonds. The average molecular weight is 195 g/mol. The summed E-state index contributed by atoms with van der Waals surface area (Å²) in [6.07, 6.45) is -3.69. The second-order valence-electron chi connectivity index (χ2n) is 0.954. The van der Waals surface area contributed by atoms with Gasteiger partial charge in [-0.15, -0.1) is 0 Å². The van der Waals surface area contributed by atoms with E-state index in [1.54, 1.807) is 0 Å². The van der Waals surface area contributed by atoms with Crippen LogP contribution >= 0.6 is 28.6 Å². The van der Waals surface area contributed by atoms with Gasteiger partial charge in [-0.2, -0.15) is 0 Å². The predicted octanol–water partition coefficient (Wildman–Crippen LogP) is 1.66. The molecule has 0 heterocycles. The molecule has 0 saturated heterocycles. The Labute approximate surface area is 61.4 Å². The highest BCUT2D eigenvalue weighted by Gasteiger charge is 2.02. The van der Waals surface area contributed by atoms with Gasteiger partial charge in [0.15, 0.2) is 0 Å². The van der Waals surface area contributed by atoms with Crippen LogP contribution in [0.25, 0.3) is 0 Å². The molecular formula is C2H5Cl2O4P. The SMILES string of the molecule is CC(=O)O.O=P(O)(Cl)Cl. The largest absolute Gasteiger partial charge is 0.481 e. The van der Waals surface area contributed by atoms with Crippen molar-refractivity contribution in [1.29, 1.82) is 0 Å². The summed E-state index contributed by atoms with van der Waals surface area (Å²) in [5.41, 5.74) is 0. The minimum absolute atomic E-state index is 0.833. The van der Waals surface area contributed by atoms with E-state index in [4.69, 9.17) is 14.8 Å². The molecule has 0 spiro atoms. The van der Waals surface area contributed by atoms with Crippen LogP contribution in [0.3, 0.4) is 0 Å². The molecule has 0 fully saturated rings. The van der Waals surface area contributed by atoms with Crippen LogP contribution in [0, 0.1) is 0 Å². The molecule has 0 aromatic rings. The van der Waals surface area contributed by atoms with E-state index < -0.39 is 12.0 Å². The summed E-state index contributed by atoms with van der Waals surface area (Å²) in [6.45, 7) is 1.08. The fourth-order valence-corrected chi connectivity index (χ4v) is 0. The number of hydrogen-bond acceptors (Lipinski definition) is 2. The van der Waals surface area contributed by atoms with Crippen molar-refractivity contribution in [3.63, 3.8) is 0 Å². The molecular weight excluding hydrogens is 190 g/mol. The molecule has 2 N–H and O–H groups in total. The molecule has 0 aliphatic heterocycles. The highest BCUT2D eigenvalue weighted by atomic mass is 35.9. The Kier molecular flexibility index (Phi) is 6.73. The summed E-state index contributed by atoms with van der Waals surface area (Å²) in [4.78, 5) is 16.6. The molecule has 7 heteroatoms. The average Bonchev–Trinajstić information content (AvgIpc) is 1.19. The van der Waals surface area contributed by atoms with Gasteiger partial charge in [0.05, 0.1) is 0 Å². The van der Waals surface area contributed by atoms with Gasteiger partial charge in [-0.05, 0) is 22.5 Å². The Morgan fingerprint density at radius 1 is 1.56 bits per heavy atom. The number of carboxylic acids is 1. The van der Waals surface area contributed by atoms with E-state index in [0.29, 0.717) is 0 Å². The maximum atomic E-state index is 9.30. The number of carbonyl (C=O) groups is 1. The zero-order chi connectivity index (χ0) is 8.08. The topological polar surface area (TPSA) is 74.6 Å². The van der Waals surface area contributed by atoms with Gasteiger partial charge in [-0.3, -0.25) is 9.36 Å². The molecule has 0 aliphatic carbocycles. The molecule has 0 aromatic carbocycles. The summed E-state index contributed by atoms with van der Waals surface area (Å²) in [5.74, 6) is -0.833.